The fourth-order valence-electron chi connectivity index (χ4n) is 2.66. The Morgan fingerprint density at radius 2 is 2.06 bits per heavy atom. The van der Waals surface area contributed by atoms with Crippen LogP contribution in [0.3, 0.4) is 0 Å². The second-order valence-electron chi connectivity index (χ2n) is 4.76. The first kappa shape index (κ1) is 11.3. The van der Waals surface area contributed by atoms with Gasteiger partial charge in [0.15, 0.2) is 0 Å². The van der Waals surface area contributed by atoms with Crippen LogP contribution in [-0.2, 0) is 0 Å². The van der Waals surface area contributed by atoms with Crippen molar-refractivity contribution in [3.63, 3.8) is 0 Å². The van der Waals surface area contributed by atoms with Crippen molar-refractivity contribution in [1.29, 1.82) is 0 Å². The van der Waals surface area contributed by atoms with Gasteiger partial charge in [-0.25, -0.2) is 0 Å². The Hall–Kier alpha value is -1.75. The van der Waals surface area contributed by atoms with E-state index in [-0.39, 0.29) is 17.9 Å². The first-order chi connectivity index (χ1) is 8.79. The molecule has 2 aliphatic heterocycles. The van der Waals surface area contributed by atoms with E-state index >= 15 is 0 Å². The van der Waals surface area contributed by atoms with Crippen LogP contribution in [0.2, 0.25) is 0 Å². The normalized spacial score (nSPS) is 24.0. The molecule has 2 amide bonds. The van der Waals surface area contributed by atoms with Crippen molar-refractivity contribution in [2.24, 2.45) is 0 Å². The van der Waals surface area contributed by atoms with E-state index in [1.54, 1.807) is 12.3 Å². The number of pyridine rings is 1. The zero-order valence-corrected chi connectivity index (χ0v) is 10.1. The van der Waals surface area contributed by atoms with Crippen LogP contribution in [0, 0.1) is 0 Å². The molecule has 1 N–H and O–H groups in total. The second-order valence-corrected chi connectivity index (χ2v) is 4.76. The van der Waals surface area contributed by atoms with Gasteiger partial charge in [0, 0.05) is 18.9 Å². The van der Waals surface area contributed by atoms with Gasteiger partial charge in [0.2, 0.25) is 0 Å². The first-order valence-corrected chi connectivity index (χ1v) is 6.31. The van der Waals surface area contributed by atoms with Crippen molar-refractivity contribution >= 4 is 11.8 Å². The molecule has 5 nitrogen and oxygen atoms in total. The highest BCUT2D eigenvalue weighted by Crippen LogP contribution is 2.25. The number of nitrogens with zero attached hydrogens (tertiary/aromatic N) is 2. The fourth-order valence-corrected chi connectivity index (χ4v) is 2.66. The van der Waals surface area contributed by atoms with Gasteiger partial charge < -0.3 is 5.32 Å². The lowest BCUT2D eigenvalue weighted by molar-refractivity contribution is 0.0579. The van der Waals surface area contributed by atoms with E-state index in [4.69, 9.17) is 0 Å². The summed E-state index contributed by atoms with van der Waals surface area (Å²) in [5, 5.41) is 3.28. The topological polar surface area (TPSA) is 62.3 Å². The lowest BCUT2D eigenvalue weighted by Crippen LogP contribution is -2.44. The smallest absolute Gasteiger partial charge is 0.263 e. The third-order valence-electron chi connectivity index (χ3n) is 3.61. The Labute approximate surface area is 105 Å². The Kier molecular flexibility index (Phi) is 2.83. The zero-order chi connectivity index (χ0) is 12.5. The van der Waals surface area contributed by atoms with Crippen LogP contribution >= 0.6 is 0 Å². The number of fused-ring (bicyclic) bond motifs is 1. The number of rotatable bonds is 1. The number of hydrogen-bond donors (Lipinski definition) is 1. The molecule has 0 spiro atoms. The number of carbonyl (C=O) groups excluding carboxylic acids is 2. The van der Waals surface area contributed by atoms with Crippen LogP contribution in [0.25, 0.3) is 0 Å². The molecule has 1 fully saturated rings. The Morgan fingerprint density at radius 3 is 2.89 bits per heavy atom. The van der Waals surface area contributed by atoms with Gasteiger partial charge in [0.05, 0.1) is 17.2 Å². The second kappa shape index (κ2) is 4.49. The minimum atomic E-state index is -0.197. The first-order valence-electron chi connectivity index (χ1n) is 6.31. The standard InChI is InChI=1S/C13H15N3O2/c17-12-10-4-6-15-8-11(10)13(18)16(12)9-3-1-2-5-14-7-9/h4,6,8-9,14H,1-3,5,7H2. The van der Waals surface area contributed by atoms with E-state index in [0.717, 1.165) is 25.8 Å². The summed E-state index contributed by atoms with van der Waals surface area (Å²) in [6, 6.07) is 1.60. The van der Waals surface area contributed by atoms with Gasteiger partial charge in [0.25, 0.3) is 11.8 Å². The molecule has 3 heterocycles. The summed E-state index contributed by atoms with van der Waals surface area (Å²) < 4.78 is 0. The summed E-state index contributed by atoms with van der Waals surface area (Å²) in [6.45, 7) is 1.65. The summed E-state index contributed by atoms with van der Waals surface area (Å²) in [5.41, 5.74) is 0.922. The molecule has 1 aromatic heterocycles. The molecule has 3 rings (SSSR count). The van der Waals surface area contributed by atoms with Crippen LogP contribution in [0.5, 0.6) is 0 Å². The number of aromatic nitrogens is 1. The van der Waals surface area contributed by atoms with Gasteiger partial charge in [0.1, 0.15) is 0 Å². The maximum atomic E-state index is 12.3. The molecule has 1 saturated heterocycles. The van der Waals surface area contributed by atoms with Crippen LogP contribution in [0.4, 0.5) is 0 Å². The molecule has 0 aliphatic carbocycles. The van der Waals surface area contributed by atoms with E-state index in [2.05, 4.69) is 10.3 Å². The molecule has 18 heavy (non-hydrogen) atoms. The third-order valence-corrected chi connectivity index (χ3v) is 3.61. The lowest BCUT2D eigenvalue weighted by Gasteiger charge is -2.24. The molecular formula is C13H15N3O2. The number of imide groups is 1. The predicted octanol–water partition coefficient (Wildman–Crippen LogP) is 0.820. The van der Waals surface area contributed by atoms with Gasteiger partial charge >= 0.3 is 0 Å². The number of nitrogens with one attached hydrogen (secondary N) is 1. The average Bonchev–Trinajstić information content (AvgIpc) is 2.61. The summed E-state index contributed by atoms with van der Waals surface area (Å²) in [5.74, 6) is -0.372. The molecule has 1 aromatic rings. The molecule has 5 heteroatoms. The molecule has 0 radical (unpaired) electrons. The van der Waals surface area contributed by atoms with Crippen molar-refractivity contribution in [3.05, 3.63) is 29.6 Å². The van der Waals surface area contributed by atoms with Crippen molar-refractivity contribution in [1.82, 2.24) is 15.2 Å². The molecule has 1 unspecified atom stereocenters. The fraction of sp³-hybridized carbons (Fsp3) is 0.462. The predicted molar refractivity (Wildman–Crippen MR) is 65.2 cm³/mol. The van der Waals surface area contributed by atoms with E-state index in [9.17, 15) is 9.59 Å². The maximum Gasteiger partial charge on any atom is 0.263 e. The molecular weight excluding hydrogens is 230 g/mol. The summed E-state index contributed by atoms with van der Waals surface area (Å²) in [4.78, 5) is 29.9. The lowest BCUT2D eigenvalue weighted by atomic mass is 10.1. The monoisotopic (exact) mass is 245 g/mol. The van der Waals surface area contributed by atoms with Crippen LogP contribution in [-0.4, -0.2) is 40.8 Å². The number of hydrogen-bond acceptors (Lipinski definition) is 4. The number of carbonyl (C=O) groups is 2. The number of amides is 2. The van der Waals surface area contributed by atoms with Crippen LogP contribution < -0.4 is 5.32 Å². The summed E-state index contributed by atoms with van der Waals surface area (Å²) >= 11 is 0. The molecule has 94 valence electrons. The highest BCUT2D eigenvalue weighted by atomic mass is 16.2. The highest BCUT2D eigenvalue weighted by Gasteiger charge is 2.39. The van der Waals surface area contributed by atoms with Gasteiger partial charge in [-0.15, -0.1) is 0 Å². The minimum Gasteiger partial charge on any atom is -0.315 e. The van der Waals surface area contributed by atoms with Crippen molar-refractivity contribution in [2.75, 3.05) is 13.1 Å². The molecule has 0 bridgehead atoms. The quantitative estimate of drug-likeness (QED) is 0.744. The van der Waals surface area contributed by atoms with E-state index in [1.165, 1.54) is 11.1 Å². The Balaban J connectivity index is 1.91. The van der Waals surface area contributed by atoms with Gasteiger partial charge in [-0.05, 0) is 25.5 Å². The van der Waals surface area contributed by atoms with Crippen molar-refractivity contribution in [2.45, 2.75) is 25.3 Å². The SMILES string of the molecule is O=C1c2ccncc2C(=O)N1C1CCCCNC1. The van der Waals surface area contributed by atoms with Crippen LogP contribution in [0.1, 0.15) is 40.0 Å². The maximum absolute atomic E-state index is 12.3. The molecule has 2 aliphatic rings. The Morgan fingerprint density at radius 1 is 1.22 bits per heavy atom. The largest absolute Gasteiger partial charge is 0.315 e. The summed E-state index contributed by atoms with van der Waals surface area (Å²) in [7, 11) is 0. The van der Waals surface area contributed by atoms with E-state index in [1.807, 2.05) is 0 Å². The average molecular weight is 245 g/mol. The third kappa shape index (κ3) is 1.71. The van der Waals surface area contributed by atoms with Gasteiger partial charge in [-0.1, -0.05) is 6.42 Å². The van der Waals surface area contributed by atoms with Crippen molar-refractivity contribution in [3.8, 4) is 0 Å². The van der Waals surface area contributed by atoms with E-state index in [0.29, 0.717) is 17.7 Å². The summed E-state index contributed by atoms with van der Waals surface area (Å²) in [6.07, 6.45) is 6.06. The Bertz CT molecular complexity index is 458. The molecule has 0 saturated carbocycles. The van der Waals surface area contributed by atoms with E-state index < -0.39 is 0 Å². The van der Waals surface area contributed by atoms with Gasteiger partial charge in [-0.3, -0.25) is 19.5 Å². The molecule has 0 aromatic carbocycles. The van der Waals surface area contributed by atoms with Gasteiger partial charge in [-0.2, -0.15) is 0 Å². The highest BCUT2D eigenvalue weighted by molar-refractivity contribution is 6.21. The molecule has 1 atom stereocenters. The minimum absolute atomic E-state index is 0.0279. The van der Waals surface area contributed by atoms with Crippen LogP contribution in [0.15, 0.2) is 18.5 Å². The van der Waals surface area contributed by atoms with Crippen molar-refractivity contribution < 1.29 is 9.59 Å². The zero-order valence-electron chi connectivity index (χ0n) is 10.1.